The molecule has 3 aromatic heterocycles. The lowest BCUT2D eigenvalue weighted by Crippen LogP contribution is -2.46. The van der Waals surface area contributed by atoms with Crippen molar-refractivity contribution in [2.24, 2.45) is 7.05 Å². The fourth-order valence-corrected chi connectivity index (χ4v) is 3.25. The van der Waals surface area contributed by atoms with Crippen LogP contribution in [0.3, 0.4) is 0 Å². The van der Waals surface area contributed by atoms with Crippen LogP contribution in [0.4, 0.5) is 29.1 Å². The molecule has 0 saturated carbocycles. The molecule has 1 aliphatic rings. The number of aromatic nitrogens is 5. The van der Waals surface area contributed by atoms with Gasteiger partial charge in [-0.05, 0) is 19.0 Å². The lowest BCUT2D eigenvalue weighted by molar-refractivity contribution is -0.140. The first-order valence-electron chi connectivity index (χ1n) is 9.10. The molecule has 0 spiro atoms. The molecule has 2 atom stereocenters. The molecule has 0 aromatic carbocycles. The van der Waals surface area contributed by atoms with Crippen molar-refractivity contribution in [3.05, 3.63) is 35.9 Å². The number of rotatable bonds is 4. The number of hydrogen-bond acceptors (Lipinski definition) is 6. The summed E-state index contributed by atoms with van der Waals surface area (Å²) in [6, 6.07) is 1.09. The van der Waals surface area contributed by atoms with Gasteiger partial charge in [-0.2, -0.15) is 23.4 Å². The van der Waals surface area contributed by atoms with Crippen LogP contribution in [0.1, 0.15) is 22.5 Å². The van der Waals surface area contributed by atoms with E-state index in [1.807, 2.05) is 0 Å². The van der Waals surface area contributed by atoms with Crippen molar-refractivity contribution in [2.45, 2.75) is 24.8 Å². The number of hydrogen-bond donors (Lipinski definition) is 3. The minimum Gasteiger partial charge on any atom is -0.363 e. The number of piperidine rings is 1. The average Bonchev–Trinajstić information content (AvgIpc) is 3.26. The Kier molecular flexibility index (Phi) is 5.05. The van der Waals surface area contributed by atoms with Crippen LogP contribution in [0.15, 0.2) is 24.7 Å². The van der Waals surface area contributed by atoms with Crippen LogP contribution < -0.4 is 16.0 Å². The van der Waals surface area contributed by atoms with Crippen molar-refractivity contribution >= 4 is 23.1 Å². The number of carbonyl (C=O) groups is 1. The summed E-state index contributed by atoms with van der Waals surface area (Å²) in [4.78, 5) is 16.9. The molecule has 3 aromatic rings. The largest absolute Gasteiger partial charge is 0.437 e. The summed E-state index contributed by atoms with van der Waals surface area (Å²) < 4.78 is 55.7. The smallest absolute Gasteiger partial charge is 0.363 e. The first-order valence-corrected chi connectivity index (χ1v) is 9.10. The molecule has 1 amide bonds. The van der Waals surface area contributed by atoms with Gasteiger partial charge in [0.15, 0.2) is 11.3 Å². The molecule has 4 rings (SSSR count). The maximum absolute atomic E-state index is 14.1. The van der Waals surface area contributed by atoms with Crippen LogP contribution in [0, 0.1) is 0 Å². The first kappa shape index (κ1) is 20.1. The van der Waals surface area contributed by atoms with Crippen molar-refractivity contribution in [3.63, 3.8) is 0 Å². The quantitative estimate of drug-likeness (QED) is 0.551. The molecule has 0 radical (unpaired) electrons. The molecule has 3 N–H and O–H groups in total. The third-order valence-corrected chi connectivity index (χ3v) is 4.69. The Labute approximate surface area is 167 Å². The summed E-state index contributed by atoms with van der Waals surface area (Å²) in [5, 5.41) is 15.6. The van der Waals surface area contributed by atoms with Gasteiger partial charge >= 0.3 is 6.18 Å². The topological polar surface area (TPSA) is 101 Å². The molecular formula is C17H18F4N8O. The van der Waals surface area contributed by atoms with Crippen LogP contribution in [0.2, 0.25) is 0 Å². The van der Waals surface area contributed by atoms with E-state index >= 15 is 0 Å². The minimum atomic E-state index is -4.72. The predicted molar refractivity (Wildman–Crippen MR) is 98.9 cm³/mol. The first-order chi connectivity index (χ1) is 14.2. The fourth-order valence-electron chi connectivity index (χ4n) is 3.25. The van der Waals surface area contributed by atoms with E-state index in [0.29, 0.717) is 25.3 Å². The third-order valence-electron chi connectivity index (χ3n) is 4.69. The van der Waals surface area contributed by atoms with Gasteiger partial charge < -0.3 is 16.0 Å². The Hall–Kier alpha value is -3.22. The molecule has 30 heavy (non-hydrogen) atoms. The second-order valence-electron chi connectivity index (χ2n) is 6.92. The van der Waals surface area contributed by atoms with E-state index in [-0.39, 0.29) is 11.2 Å². The molecule has 0 aliphatic carbocycles. The number of carbonyl (C=O) groups excluding carboxylic acids is 1. The lowest BCUT2D eigenvalue weighted by atomic mass is 10.1. The van der Waals surface area contributed by atoms with Gasteiger partial charge in [0.2, 0.25) is 0 Å². The molecule has 1 saturated heterocycles. The van der Waals surface area contributed by atoms with E-state index in [9.17, 15) is 22.4 Å². The van der Waals surface area contributed by atoms with Gasteiger partial charge in [0.1, 0.15) is 17.6 Å². The summed E-state index contributed by atoms with van der Waals surface area (Å²) in [7, 11) is 1.32. The Bertz CT molecular complexity index is 1080. The highest BCUT2D eigenvalue weighted by Gasteiger charge is 2.38. The minimum absolute atomic E-state index is 0.0332. The Morgan fingerprint density at radius 1 is 1.37 bits per heavy atom. The van der Waals surface area contributed by atoms with Crippen LogP contribution in [-0.4, -0.2) is 55.6 Å². The zero-order chi connectivity index (χ0) is 21.5. The number of halogens is 4. The van der Waals surface area contributed by atoms with Gasteiger partial charge in [-0.3, -0.25) is 9.48 Å². The van der Waals surface area contributed by atoms with Gasteiger partial charge in [-0.15, -0.1) is 0 Å². The van der Waals surface area contributed by atoms with E-state index in [0.717, 1.165) is 10.9 Å². The number of aryl methyl sites for hydroxylation is 1. The zero-order valence-electron chi connectivity index (χ0n) is 15.7. The van der Waals surface area contributed by atoms with Crippen LogP contribution in [0.5, 0.6) is 0 Å². The second-order valence-corrected chi connectivity index (χ2v) is 6.92. The van der Waals surface area contributed by atoms with Gasteiger partial charge in [0.05, 0.1) is 17.9 Å². The van der Waals surface area contributed by atoms with E-state index < -0.39 is 35.7 Å². The third kappa shape index (κ3) is 3.92. The highest BCUT2D eigenvalue weighted by molar-refractivity contribution is 6.08. The van der Waals surface area contributed by atoms with E-state index in [4.69, 9.17) is 0 Å². The van der Waals surface area contributed by atoms with Crippen LogP contribution >= 0.6 is 0 Å². The number of nitrogens with zero attached hydrogens (tertiary/aromatic N) is 5. The molecule has 160 valence electrons. The fraction of sp³-hybridized carbons (Fsp3) is 0.412. The maximum atomic E-state index is 14.1. The van der Waals surface area contributed by atoms with Gasteiger partial charge in [0, 0.05) is 26.0 Å². The molecule has 4 heterocycles. The molecule has 1 fully saturated rings. The molecular weight excluding hydrogens is 408 g/mol. The summed E-state index contributed by atoms with van der Waals surface area (Å²) in [5.41, 5.74) is -1.59. The highest BCUT2D eigenvalue weighted by Crippen LogP contribution is 2.33. The molecule has 0 bridgehead atoms. The summed E-state index contributed by atoms with van der Waals surface area (Å²) in [5.74, 6) is -0.499. The second kappa shape index (κ2) is 7.55. The van der Waals surface area contributed by atoms with Crippen molar-refractivity contribution in [2.75, 3.05) is 23.7 Å². The Morgan fingerprint density at radius 2 is 2.17 bits per heavy atom. The summed E-state index contributed by atoms with van der Waals surface area (Å²) in [6.07, 6.45) is -1.63. The molecule has 0 unspecified atom stereocenters. The van der Waals surface area contributed by atoms with Crippen molar-refractivity contribution in [1.82, 2.24) is 29.7 Å². The number of alkyl halides is 4. The monoisotopic (exact) mass is 426 g/mol. The van der Waals surface area contributed by atoms with Gasteiger partial charge in [-0.25, -0.2) is 13.9 Å². The Morgan fingerprint density at radius 3 is 2.90 bits per heavy atom. The SMILES string of the molecule is Cn1cc(NC(=O)c2cnn3ccc(N[C@@H]4CNCC[C@@H]4F)nc23)c(C(F)(F)F)n1. The average molecular weight is 426 g/mol. The van der Waals surface area contributed by atoms with Crippen LogP contribution in [-0.2, 0) is 13.2 Å². The van der Waals surface area contributed by atoms with E-state index in [1.54, 1.807) is 6.07 Å². The predicted octanol–water partition coefficient (Wildman–Crippen LogP) is 1.85. The van der Waals surface area contributed by atoms with Crippen molar-refractivity contribution in [1.29, 1.82) is 0 Å². The van der Waals surface area contributed by atoms with Gasteiger partial charge in [-0.1, -0.05) is 0 Å². The van der Waals surface area contributed by atoms with Crippen molar-refractivity contribution in [3.8, 4) is 0 Å². The Balaban J connectivity index is 1.59. The maximum Gasteiger partial charge on any atom is 0.437 e. The number of fused-ring (bicyclic) bond motifs is 1. The van der Waals surface area contributed by atoms with Crippen molar-refractivity contribution < 1.29 is 22.4 Å². The molecule has 1 aliphatic heterocycles. The zero-order valence-corrected chi connectivity index (χ0v) is 15.7. The normalized spacial score (nSPS) is 19.8. The summed E-state index contributed by atoms with van der Waals surface area (Å²) in [6.45, 7) is 1.01. The lowest BCUT2D eigenvalue weighted by Gasteiger charge is -2.27. The number of amides is 1. The molecule has 9 nitrogen and oxygen atoms in total. The summed E-state index contributed by atoms with van der Waals surface area (Å²) >= 11 is 0. The number of nitrogens with one attached hydrogen (secondary N) is 3. The number of anilines is 2. The van der Waals surface area contributed by atoms with E-state index in [1.165, 1.54) is 24.0 Å². The van der Waals surface area contributed by atoms with Crippen LogP contribution in [0.25, 0.3) is 5.65 Å². The van der Waals surface area contributed by atoms with E-state index in [2.05, 4.69) is 31.1 Å². The molecule has 13 heteroatoms. The highest BCUT2D eigenvalue weighted by atomic mass is 19.4. The van der Waals surface area contributed by atoms with Gasteiger partial charge in [0.25, 0.3) is 5.91 Å². The standard InChI is InChI=1S/C17H18F4N8O/c1-28-8-12(14(27-28)17(19,20)21)25-16(30)9-6-23-29-5-3-13(26-15(9)29)24-11-7-22-4-2-10(11)18/h3,5-6,8,10-11,22H,2,4,7H2,1H3,(H,24,26)(H,25,30)/t10-,11+/m0/s1.